The highest BCUT2D eigenvalue weighted by Crippen LogP contribution is 2.37. The van der Waals surface area contributed by atoms with Gasteiger partial charge in [0, 0.05) is 42.4 Å². The third kappa shape index (κ3) is 2.85. The van der Waals surface area contributed by atoms with Crippen molar-refractivity contribution >= 4 is 49.9 Å². The van der Waals surface area contributed by atoms with Crippen LogP contribution in [0.2, 0.25) is 0 Å². The summed E-state index contributed by atoms with van der Waals surface area (Å²) in [6.45, 7) is 1.79. The maximum absolute atomic E-state index is 11.5. The molecule has 0 aliphatic heterocycles. The van der Waals surface area contributed by atoms with E-state index in [0.717, 1.165) is 37.7 Å². The predicted molar refractivity (Wildman–Crippen MR) is 115 cm³/mol. The summed E-state index contributed by atoms with van der Waals surface area (Å²) in [5.74, 6) is 0.908. The molecule has 0 amide bonds. The van der Waals surface area contributed by atoms with Crippen LogP contribution in [0.1, 0.15) is 5.69 Å². The molecule has 0 aliphatic carbocycles. The van der Waals surface area contributed by atoms with Crippen molar-refractivity contribution in [3.05, 3.63) is 60.7 Å². The molecule has 5 aromatic rings. The molecule has 29 heavy (non-hydrogen) atoms. The summed E-state index contributed by atoms with van der Waals surface area (Å²) in [6.07, 6.45) is 4.51. The normalized spacial score (nSPS) is 11.4. The Morgan fingerprint density at radius 2 is 2.00 bits per heavy atom. The molecular weight excluding hydrogens is 386 g/mol. The number of carboxylic acid groups (broad SMARTS) is 1. The van der Waals surface area contributed by atoms with Gasteiger partial charge < -0.3 is 15.0 Å². The largest absolute Gasteiger partial charge is 0.464 e. The summed E-state index contributed by atoms with van der Waals surface area (Å²) >= 11 is 1.64. The van der Waals surface area contributed by atoms with E-state index in [9.17, 15) is 9.90 Å². The van der Waals surface area contributed by atoms with Crippen LogP contribution < -0.4 is 5.32 Å². The summed E-state index contributed by atoms with van der Waals surface area (Å²) in [5.41, 5.74) is 4.11. The molecule has 0 radical (unpaired) electrons. The van der Waals surface area contributed by atoms with Crippen LogP contribution in [0.4, 0.5) is 16.2 Å². The van der Waals surface area contributed by atoms with Crippen molar-refractivity contribution in [3.63, 3.8) is 0 Å². The van der Waals surface area contributed by atoms with E-state index in [1.807, 2.05) is 54.2 Å². The smallest absolute Gasteiger partial charge is 0.416 e. The zero-order valence-electron chi connectivity index (χ0n) is 15.7. The van der Waals surface area contributed by atoms with E-state index in [2.05, 4.69) is 15.3 Å². The van der Waals surface area contributed by atoms with Gasteiger partial charge in [-0.3, -0.25) is 9.55 Å². The molecule has 4 heterocycles. The molecule has 0 fully saturated rings. The Morgan fingerprint density at radius 3 is 2.76 bits per heavy atom. The molecule has 0 saturated heterocycles. The van der Waals surface area contributed by atoms with Gasteiger partial charge in [0.1, 0.15) is 5.82 Å². The minimum Gasteiger partial charge on any atom is -0.464 e. The van der Waals surface area contributed by atoms with Gasteiger partial charge in [-0.1, -0.05) is 0 Å². The second kappa shape index (κ2) is 6.46. The molecule has 4 aromatic heterocycles. The Morgan fingerprint density at radius 1 is 1.14 bits per heavy atom. The molecule has 0 aliphatic rings. The first kappa shape index (κ1) is 17.4. The number of nitrogens with zero attached hydrogens (tertiary/aromatic N) is 4. The van der Waals surface area contributed by atoms with Crippen molar-refractivity contribution in [2.45, 2.75) is 6.92 Å². The van der Waals surface area contributed by atoms with Gasteiger partial charge in [0.15, 0.2) is 0 Å². The molecule has 0 saturated carbocycles. The van der Waals surface area contributed by atoms with Crippen LogP contribution in [-0.4, -0.2) is 30.3 Å². The molecule has 0 bridgehead atoms. The quantitative estimate of drug-likeness (QED) is 0.431. The van der Waals surface area contributed by atoms with Crippen LogP contribution >= 0.6 is 11.3 Å². The third-order valence-corrected chi connectivity index (χ3v) is 6.06. The molecule has 0 spiro atoms. The summed E-state index contributed by atoms with van der Waals surface area (Å²) in [4.78, 5) is 21.5. The lowest BCUT2D eigenvalue weighted by Crippen LogP contribution is -2.08. The Labute approximate surface area is 169 Å². The lowest BCUT2D eigenvalue weighted by Gasteiger charge is -2.08. The van der Waals surface area contributed by atoms with Gasteiger partial charge in [-0.2, -0.15) is 0 Å². The standard InChI is InChI=1S/C21H17N5O2S/c1-12-9-13-10-14(3-4-17(13)26(12)21(27)28)24-15-5-6-22-16-11-18(29-19(15)16)20-23-7-8-25(20)2/h3-11H,1-2H3,(H,22,24)(H,27,28). The lowest BCUT2D eigenvalue weighted by molar-refractivity contribution is 0.197. The van der Waals surface area contributed by atoms with E-state index in [1.54, 1.807) is 30.7 Å². The summed E-state index contributed by atoms with van der Waals surface area (Å²) < 4.78 is 4.33. The minimum absolute atomic E-state index is 0.675. The molecule has 1 aromatic carbocycles. The first-order chi connectivity index (χ1) is 14.0. The second-order valence-electron chi connectivity index (χ2n) is 6.85. The van der Waals surface area contributed by atoms with Crippen LogP contribution in [0.3, 0.4) is 0 Å². The van der Waals surface area contributed by atoms with Crippen molar-refractivity contribution in [3.8, 4) is 10.7 Å². The number of rotatable bonds is 3. The Balaban J connectivity index is 1.56. The highest BCUT2D eigenvalue weighted by Gasteiger charge is 2.14. The van der Waals surface area contributed by atoms with E-state index in [0.29, 0.717) is 11.2 Å². The van der Waals surface area contributed by atoms with Crippen molar-refractivity contribution in [1.29, 1.82) is 0 Å². The fourth-order valence-corrected chi connectivity index (χ4v) is 4.71. The molecule has 0 unspecified atom stereocenters. The first-order valence-corrected chi connectivity index (χ1v) is 9.81. The van der Waals surface area contributed by atoms with E-state index in [-0.39, 0.29) is 0 Å². The SMILES string of the molecule is Cc1cc2cc(Nc3ccnc4cc(-c5nccn5C)sc34)ccc2n1C(=O)O. The number of fused-ring (bicyclic) bond motifs is 2. The third-order valence-electron chi connectivity index (χ3n) is 4.91. The molecule has 7 nitrogen and oxygen atoms in total. The highest BCUT2D eigenvalue weighted by molar-refractivity contribution is 7.22. The van der Waals surface area contributed by atoms with Crippen molar-refractivity contribution in [2.75, 3.05) is 5.32 Å². The maximum atomic E-state index is 11.5. The molecule has 0 atom stereocenters. The molecule has 5 rings (SSSR count). The van der Waals surface area contributed by atoms with Crippen molar-refractivity contribution < 1.29 is 9.90 Å². The zero-order valence-corrected chi connectivity index (χ0v) is 16.6. The number of thiophene rings is 1. The molecule has 2 N–H and O–H groups in total. The van der Waals surface area contributed by atoms with E-state index >= 15 is 0 Å². The monoisotopic (exact) mass is 403 g/mol. The Kier molecular flexibility index (Phi) is 3.88. The van der Waals surface area contributed by atoms with Gasteiger partial charge in [0.05, 0.1) is 26.3 Å². The summed E-state index contributed by atoms with van der Waals surface area (Å²) in [7, 11) is 1.97. The average Bonchev–Trinajstić information content (AvgIpc) is 3.37. The van der Waals surface area contributed by atoms with Gasteiger partial charge in [-0.15, -0.1) is 11.3 Å². The number of aromatic nitrogens is 4. The fraction of sp³-hybridized carbons (Fsp3) is 0.0952. The van der Waals surface area contributed by atoms with Gasteiger partial charge >= 0.3 is 6.09 Å². The van der Waals surface area contributed by atoms with Crippen molar-refractivity contribution in [2.24, 2.45) is 7.05 Å². The second-order valence-corrected chi connectivity index (χ2v) is 7.90. The first-order valence-electron chi connectivity index (χ1n) is 9.00. The van der Waals surface area contributed by atoms with Gasteiger partial charge in [0.2, 0.25) is 0 Å². The minimum atomic E-state index is -0.977. The lowest BCUT2D eigenvalue weighted by atomic mass is 10.2. The van der Waals surface area contributed by atoms with Crippen LogP contribution in [0.5, 0.6) is 0 Å². The Bertz CT molecular complexity index is 1400. The number of hydrogen-bond acceptors (Lipinski definition) is 5. The summed E-state index contributed by atoms with van der Waals surface area (Å²) in [5, 5.41) is 13.7. The molecular formula is C21H17N5O2S. The number of hydrogen-bond donors (Lipinski definition) is 2. The number of nitrogens with one attached hydrogen (secondary N) is 1. The Hall–Kier alpha value is -3.65. The molecule has 144 valence electrons. The molecule has 8 heteroatoms. The maximum Gasteiger partial charge on any atom is 0.416 e. The number of anilines is 2. The van der Waals surface area contributed by atoms with E-state index in [1.165, 1.54) is 4.57 Å². The van der Waals surface area contributed by atoms with Gasteiger partial charge in [-0.05, 0) is 43.3 Å². The number of imidazole rings is 1. The van der Waals surface area contributed by atoms with Crippen LogP contribution in [-0.2, 0) is 7.05 Å². The number of benzene rings is 1. The van der Waals surface area contributed by atoms with Crippen molar-refractivity contribution in [1.82, 2.24) is 19.1 Å². The fourth-order valence-electron chi connectivity index (χ4n) is 3.59. The predicted octanol–water partition coefficient (Wildman–Crippen LogP) is 5.23. The van der Waals surface area contributed by atoms with Gasteiger partial charge in [0.25, 0.3) is 0 Å². The number of pyridine rings is 1. The van der Waals surface area contributed by atoms with E-state index in [4.69, 9.17) is 0 Å². The number of carbonyl (C=O) groups is 1. The summed E-state index contributed by atoms with van der Waals surface area (Å²) in [6, 6.07) is 11.5. The van der Waals surface area contributed by atoms with Gasteiger partial charge in [-0.25, -0.2) is 9.78 Å². The highest BCUT2D eigenvalue weighted by atomic mass is 32.1. The topological polar surface area (TPSA) is 85.0 Å². The van der Waals surface area contributed by atoms with Crippen LogP contribution in [0.25, 0.3) is 31.8 Å². The van der Waals surface area contributed by atoms with Crippen LogP contribution in [0, 0.1) is 6.92 Å². The van der Waals surface area contributed by atoms with Crippen LogP contribution in [0.15, 0.2) is 55.0 Å². The number of aryl methyl sites for hydroxylation is 2. The zero-order chi connectivity index (χ0) is 20.1. The van der Waals surface area contributed by atoms with E-state index < -0.39 is 6.09 Å². The average molecular weight is 403 g/mol.